The molecule has 0 saturated carbocycles. The van der Waals surface area contributed by atoms with Crippen molar-refractivity contribution in [1.82, 2.24) is 0 Å². The molecule has 0 rings (SSSR count). The number of hydrogen-bond acceptors (Lipinski definition) is 1. The molecule has 1 nitrogen and oxygen atoms in total. The van der Waals surface area contributed by atoms with Gasteiger partial charge in [0, 0.05) is 13.2 Å². The lowest BCUT2D eigenvalue weighted by Gasteiger charge is -2.02. The molecule has 0 aliphatic heterocycles. The zero-order valence-electron chi connectivity index (χ0n) is 8.94. The number of ether oxygens (including phenoxy) is 1. The lowest BCUT2D eigenvalue weighted by atomic mass is 10.3. The second kappa shape index (κ2) is 9.58. The van der Waals surface area contributed by atoms with E-state index in [1.807, 2.05) is 0 Å². The van der Waals surface area contributed by atoms with Crippen molar-refractivity contribution in [2.24, 2.45) is 5.92 Å². The Hall–Kier alpha value is 0.492. The molecule has 0 spiro atoms. The molecular weight excluding hydrogens is 163 g/mol. The standard InChI is InChI=1S/C6H13O.C4H9.Al.H/c1-3-5-6-7-4-2;1-4(2)3;;/h1,3-6H2,2H3;4H,1H2,2-3H3;;. The van der Waals surface area contributed by atoms with Crippen LogP contribution in [0.2, 0.25) is 10.6 Å². The lowest BCUT2D eigenvalue weighted by molar-refractivity contribution is 0.144. The van der Waals surface area contributed by atoms with Gasteiger partial charge in [-0.1, -0.05) is 36.8 Å². The van der Waals surface area contributed by atoms with E-state index >= 15 is 0 Å². The molecule has 0 aromatic rings. The maximum absolute atomic E-state index is 5.28. The first-order chi connectivity index (χ1) is 5.77. The molecule has 72 valence electrons. The highest BCUT2D eigenvalue weighted by Gasteiger charge is 1.97. The van der Waals surface area contributed by atoms with Crippen LogP contribution in [0.15, 0.2) is 0 Å². The summed E-state index contributed by atoms with van der Waals surface area (Å²) >= 11 is 0.274. The zero-order chi connectivity index (χ0) is 9.23. The lowest BCUT2D eigenvalue weighted by Crippen LogP contribution is -1.97. The largest absolute Gasteiger partial charge is 0.382 e. The van der Waals surface area contributed by atoms with E-state index < -0.39 is 0 Å². The quantitative estimate of drug-likeness (QED) is 0.418. The molecule has 2 heteroatoms. The summed E-state index contributed by atoms with van der Waals surface area (Å²) in [5.74, 6) is 0.934. The average Bonchev–Trinajstić information content (AvgIpc) is 2.02. The van der Waals surface area contributed by atoms with Crippen LogP contribution in [0.25, 0.3) is 0 Å². The zero-order valence-corrected chi connectivity index (χ0v) is 10.3. The van der Waals surface area contributed by atoms with E-state index in [-0.39, 0.29) is 15.2 Å². The van der Waals surface area contributed by atoms with E-state index in [0.29, 0.717) is 0 Å². The first kappa shape index (κ1) is 12.5. The van der Waals surface area contributed by atoms with Gasteiger partial charge in [0.05, 0.1) is 0 Å². The molecule has 0 radical (unpaired) electrons. The molecule has 0 N–H and O–H groups in total. The van der Waals surface area contributed by atoms with Gasteiger partial charge >= 0.3 is 0 Å². The molecule has 0 saturated heterocycles. The predicted molar refractivity (Wildman–Crippen MR) is 57.3 cm³/mol. The van der Waals surface area contributed by atoms with Gasteiger partial charge in [-0.15, -0.1) is 0 Å². The van der Waals surface area contributed by atoms with E-state index in [1.54, 1.807) is 0 Å². The smallest absolute Gasteiger partial charge is 0.237 e. The Bertz CT molecular complexity index is 83.9. The van der Waals surface area contributed by atoms with E-state index in [1.165, 1.54) is 23.4 Å². The average molecular weight is 186 g/mol. The van der Waals surface area contributed by atoms with Crippen molar-refractivity contribution in [1.29, 1.82) is 0 Å². The monoisotopic (exact) mass is 186 g/mol. The Balaban J connectivity index is 2.82. The maximum Gasteiger partial charge on any atom is 0.237 e. The highest BCUT2D eigenvalue weighted by molar-refractivity contribution is 6.35. The van der Waals surface area contributed by atoms with Crippen molar-refractivity contribution in [3.05, 3.63) is 0 Å². The van der Waals surface area contributed by atoms with Crippen LogP contribution in [-0.2, 0) is 4.74 Å². The van der Waals surface area contributed by atoms with Crippen molar-refractivity contribution >= 4 is 15.2 Å². The third-order valence-electron chi connectivity index (χ3n) is 2.02. The van der Waals surface area contributed by atoms with Gasteiger partial charge in [0.15, 0.2) is 0 Å². The summed E-state index contributed by atoms with van der Waals surface area (Å²) in [4.78, 5) is 0. The van der Waals surface area contributed by atoms with E-state index in [2.05, 4.69) is 20.8 Å². The van der Waals surface area contributed by atoms with Gasteiger partial charge in [-0.3, -0.25) is 0 Å². The van der Waals surface area contributed by atoms with Gasteiger partial charge < -0.3 is 4.74 Å². The topological polar surface area (TPSA) is 9.23 Å². The Morgan fingerprint density at radius 2 is 2.00 bits per heavy atom. The molecule has 0 fully saturated rings. The molecule has 0 aromatic carbocycles. The van der Waals surface area contributed by atoms with Gasteiger partial charge in [-0.25, -0.2) is 0 Å². The Morgan fingerprint density at radius 3 is 2.58 bits per heavy atom. The number of rotatable bonds is 8. The second-order valence-corrected chi connectivity index (χ2v) is 5.79. The van der Waals surface area contributed by atoms with Crippen molar-refractivity contribution < 1.29 is 4.74 Å². The van der Waals surface area contributed by atoms with Gasteiger partial charge in [-0.05, 0) is 13.3 Å². The molecular formula is C10H23AlO. The highest BCUT2D eigenvalue weighted by Crippen LogP contribution is 2.03. The van der Waals surface area contributed by atoms with Gasteiger partial charge in [0.1, 0.15) is 0 Å². The fourth-order valence-corrected chi connectivity index (χ4v) is 3.07. The highest BCUT2D eigenvalue weighted by atomic mass is 27.1. The summed E-state index contributed by atoms with van der Waals surface area (Å²) in [6.45, 7) is 8.57. The van der Waals surface area contributed by atoms with Crippen molar-refractivity contribution in [3.8, 4) is 0 Å². The normalized spacial score (nSPS) is 10.7. The van der Waals surface area contributed by atoms with Crippen LogP contribution < -0.4 is 0 Å². The summed E-state index contributed by atoms with van der Waals surface area (Å²) < 4.78 is 5.28. The van der Waals surface area contributed by atoms with Gasteiger partial charge in [0.2, 0.25) is 15.2 Å². The molecule has 0 heterocycles. The van der Waals surface area contributed by atoms with Crippen molar-refractivity contribution in [2.75, 3.05) is 13.2 Å². The first-order valence-corrected chi connectivity index (χ1v) is 7.35. The van der Waals surface area contributed by atoms with Crippen LogP contribution in [0.4, 0.5) is 0 Å². The summed E-state index contributed by atoms with van der Waals surface area (Å²) in [5, 5.41) is 3.04. The number of unbranched alkanes of at least 4 members (excludes halogenated alkanes) is 1. The van der Waals surface area contributed by atoms with Crippen LogP contribution in [0, 0.1) is 5.92 Å². The van der Waals surface area contributed by atoms with Crippen LogP contribution in [0.5, 0.6) is 0 Å². The molecule has 0 aliphatic rings. The fourth-order valence-electron chi connectivity index (χ4n) is 1.25. The maximum atomic E-state index is 5.28. The first-order valence-electron chi connectivity index (χ1n) is 5.35. The van der Waals surface area contributed by atoms with Crippen LogP contribution in [0.3, 0.4) is 0 Å². The minimum Gasteiger partial charge on any atom is -0.382 e. The Kier molecular flexibility index (Phi) is 9.97. The second-order valence-electron chi connectivity index (χ2n) is 3.79. The molecule has 0 atom stereocenters. The minimum absolute atomic E-state index is 0.274. The molecule has 12 heavy (non-hydrogen) atoms. The predicted octanol–water partition coefficient (Wildman–Crippen LogP) is 2.73. The van der Waals surface area contributed by atoms with Crippen molar-refractivity contribution in [2.45, 2.75) is 44.2 Å². The van der Waals surface area contributed by atoms with Gasteiger partial charge in [0.25, 0.3) is 0 Å². The number of hydrogen-bond donors (Lipinski definition) is 0. The summed E-state index contributed by atoms with van der Waals surface area (Å²) in [6.07, 6.45) is 2.68. The van der Waals surface area contributed by atoms with Crippen molar-refractivity contribution in [3.63, 3.8) is 0 Å². The summed E-state index contributed by atoms with van der Waals surface area (Å²) in [5.41, 5.74) is 0. The third-order valence-corrected chi connectivity index (χ3v) is 4.59. The SMILES string of the molecule is CCOCCC[CH2][AlH][CH2]C(C)C. The van der Waals surface area contributed by atoms with E-state index in [9.17, 15) is 0 Å². The molecule has 0 amide bonds. The molecule has 0 aliphatic carbocycles. The third kappa shape index (κ3) is 10.5. The molecule has 0 bridgehead atoms. The minimum atomic E-state index is 0.274. The molecule has 0 unspecified atom stereocenters. The Morgan fingerprint density at radius 1 is 1.25 bits per heavy atom. The van der Waals surface area contributed by atoms with E-state index in [0.717, 1.165) is 19.1 Å². The van der Waals surface area contributed by atoms with Gasteiger partial charge in [-0.2, -0.15) is 0 Å². The molecule has 0 aromatic heterocycles. The van der Waals surface area contributed by atoms with Crippen LogP contribution in [0.1, 0.15) is 33.6 Å². The Labute approximate surface area is 83.6 Å². The fraction of sp³-hybridized carbons (Fsp3) is 1.00. The summed E-state index contributed by atoms with van der Waals surface area (Å²) in [6, 6.07) is 0. The van der Waals surface area contributed by atoms with Crippen LogP contribution >= 0.6 is 0 Å². The van der Waals surface area contributed by atoms with E-state index in [4.69, 9.17) is 4.74 Å². The van der Waals surface area contributed by atoms with Crippen LogP contribution in [-0.4, -0.2) is 28.4 Å². The summed E-state index contributed by atoms with van der Waals surface area (Å²) in [7, 11) is 0.